The van der Waals surface area contributed by atoms with Gasteiger partial charge in [-0.1, -0.05) is 137 Å². The highest BCUT2D eigenvalue weighted by atomic mass is 28.4. The zero-order valence-corrected chi connectivity index (χ0v) is 25.5. The molecule has 0 aromatic heterocycles. The van der Waals surface area contributed by atoms with Gasteiger partial charge in [0.05, 0.1) is 8.07 Å². The Bertz CT molecular complexity index is 404. The zero-order chi connectivity index (χ0) is 24.7. The molecule has 3 nitrogen and oxygen atoms in total. The van der Waals surface area contributed by atoms with E-state index in [1.165, 1.54) is 103 Å². The molecule has 0 saturated heterocycles. The van der Waals surface area contributed by atoms with Crippen molar-refractivity contribution in [1.82, 2.24) is 0 Å². The molecule has 0 spiro atoms. The van der Waals surface area contributed by atoms with Crippen molar-refractivity contribution in [1.29, 1.82) is 0 Å². The Balaban J connectivity index is -0.000000851. The summed E-state index contributed by atoms with van der Waals surface area (Å²) in [6, 6.07) is 1.96. The summed E-state index contributed by atoms with van der Waals surface area (Å²) in [5, 5.41) is 0. The summed E-state index contributed by atoms with van der Waals surface area (Å²) in [6.45, 7) is 12.7. The van der Waals surface area contributed by atoms with E-state index in [0.29, 0.717) is 5.78 Å². The van der Waals surface area contributed by atoms with Crippen molar-refractivity contribution in [3.8, 4) is 0 Å². The first kappa shape index (κ1) is 37.6. The van der Waals surface area contributed by atoms with Crippen molar-refractivity contribution in [2.75, 3.05) is 14.2 Å². The van der Waals surface area contributed by atoms with Gasteiger partial charge in [-0.25, -0.2) is 0 Å². The van der Waals surface area contributed by atoms with Gasteiger partial charge < -0.3 is 13.6 Å². The quantitative estimate of drug-likeness (QED) is 0.115. The molecule has 0 aliphatic heterocycles. The molecule has 0 aromatic rings. The second-order valence-electron chi connectivity index (χ2n) is 11.0. The Hall–Kier alpha value is 0.0238. The topological polar surface area (TPSA) is 35.5 Å². The highest BCUT2D eigenvalue weighted by molar-refractivity contribution is 6.78. The van der Waals surface area contributed by atoms with Gasteiger partial charge in [0.25, 0.3) is 0 Å². The van der Waals surface area contributed by atoms with Gasteiger partial charge in [0, 0.05) is 20.3 Å². The van der Waals surface area contributed by atoms with Crippen LogP contribution in [0, 0.1) is 0 Å². The molecule has 0 saturated carbocycles. The molecule has 0 rings (SSSR count). The van der Waals surface area contributed by atoms with Crippen molar-refractivity contribution in [2.45, 2.75) is 162 Å². The van der Waals surface area contributed by atoms with E-state index in [4.69, 9.17) is 8.85 Å². The number of unbranched alkanes of at least 4 members (excludes halogenated alkanes) is 15. The van der Waals surface area contributed by atoms with E-state index in [2.05, 4.69) is 33.1 Å². The predicted molar refractivity (Wildman–Crippen MR) is 156 cm³/mol. The molecule has 0 N–H and O–H groups in total. The maximum absolute atomic E-state index is 10.5. The molecule has 0 heterocycles. The lowest BCUT2D eigenvalue weighted by Gasteiger charge is -2.22. The maximum Gasteiger partial charge on any atom is 0.334 e. The lowest BCUT2D eigenvalue weighted by atomic mass is 10.0. The molecule has 0 amide bonds. The molecule has 0 aliphatic rings. The number of rotatable bonds is 21. The average Bonchev–Trinajstić information content (AvgIpc) is 2.72. The van der Waals surface area contributed by atoms with Crippen molar-refractivity contribution in [3.63, 3.8) is 0 Å². The van der Waals surface area contributed by atoms with E-state index in [9.17, 15) is 4.79 Å². The number of hydrogen-bond acceptors (Lipinski definition) is 3. The van der Waals surface area contributed by atoms with Crippen LogP contribution in [0.25, 0.3) is 0 Å². The van der Waals surface area contributed by atoms with Crippen molar-refractivity contribution >= 4 is 22.4 Å². The molecule has 0 radical (unpaired) electrons. The molecule has 33 heavy (non-hydrogen) atoms. The lowest BCUT2D eigenvalue weighted by Crippen LogP contribution is -2.35. The molecular formula is C28H64O3Si2. The van der Waals surface area contributed by atoms with E-state index < -0.39 is 16.6 Å². The van der Waals surface area contributed by atoms with Crippen LogP contribution in [0.4, 0.5) is 0 Å². The number of ketones is 1. The third-order valence-electron chi connectivity index (χ3n) is 6.13. The first-order chi connectivity index (χ1) is 15.1. The minimum atomic E-state index is -1.80. The van der Waals surface area contributed by atoms with E-state index in [1.807, 2.05) is 0 Å². The predicted octanol–water partition coefficient (Wildman–Crippen LogP) is 10.2. The maximum atomic E-state index is 10.5. The van der Waals surface area contributed by atoms with Gasteiger partial charge >= 0.3 is 8.56 Å². The summed E-state index contributed by atoms with van der Waals surface area (Å²) in [5.74, 6) is 0.337. The summed E-state index contributed by atoms with van der Waals surface area (Å²) in [7, 11) is 0.713. The second-order valence-corrected chi connectivity index (χ2v) is 20.1. The van der Waals surface area contributed by atoms with E-state index in [1.54, 1.807) is 21.1 Å². The molecule has 0 fully saturated rings. The lowest BCUT2D eigenvalue weighted by molar-refractivity contribution is -0.115. The summed E-state index contributed by atoms with van der Waals surface area (Å²) in [4.78, 5) is 10.5. The van der Waals surface area contributed by atoms with Crippen LogP contribution in [0.3, 0.4) is 0 Å². The first-order valence-electron chi connectivity index (χ1n) is 13.7. The molecule has 0 unspecified atom stereocenters. The minimum absolute atomic E-state index is 0. The SMILES string of the molecule is C.CC(=O)C[Si](C)(C)C.CCCCCCCCCCCCCCCCCC[Si](C)(OC)OC. The molecule has 0 bridgehead atoms. The largest absolute Gasteiger partial charge is 0.398 e. The Morgan fingerprint density at radius 3 is 1.12 bits per heavy atom. The van der Waals surface area contributed by atoms with Crippen LogP contribution in [-0.2, 0) is 13.6 Å². The molecular weight excluding hydrogens is 440 g/mol. The van der Waals surface area contributed by atoms with Crippen LogP contribution in [0.1, 0.15) is 124 Å². The molecule has 0 atom stereocenters. The van der Waals surface area contributed by atoms with Crippen LogP contribution < -0.4 is 0 Å². The Morgan fingerprint density at radius 2 is 0.909 bits per heavy atom. The number of hydrogen-bond donors (Lipinski definition) is 0. The highest BCUT2D eigenvalue weighted by Crippen LogP contribution is 2.18. The van der Waals surface area contributed by atoms with Crippen LogP contribution in [-0.4, -0.2) is 36.6 Å². The van der Waals surface area contributed by atoms with Crippen molar-refractivity contribution in [3.05, 3.63) is 0 Å². The summed E-state index contributed by atoms with van der Waals surface area (Å²) >= 11 is 0. The fourth-order valence-corrected chi connectivity index (χ4v) is 6.99. The summed E-state index contributed by atoms with van der Waals surface area (Å²) in [5.41, 5.74) is 0. The Morgan fingerprint density at radius 1 is 0.606 bits per heavy atom. The third kappa shape index (κ3) is 32.0. The first-order valence-corrected chi connectivity index (χ1v) is 19.9. The average molecular weight is 505 g/mol. The molecule has 0 aromatic carbocycles. The molecule has 0 aliphatic carbocycles. The van der Waals surface area contributed by atoms with E-state index in [0.717, 1.165) is 12.1 Å². The van der Waals surface area contributed by atoms with Gasteiger partial charge in [0.15, 0.2) is 0 Å². The zero-order valence-electron chi connectivity index (χ0n) is 23.5. The van der Waals surface area contributed by atoms with E-state index in [-0.39, 0.29) is 7.43 Å². The Kier molecular flexibility index (Phi) is 28.6. The van der Waals surface area contributed by atoms with Gasteiger partial charge in [0.1, 0.15) is 5.78 Å². The van der Waals surface area contributed by atoms with Gasteiger partial charge in [-0.15, -0.1) is 0 Å². The number of Topliss-reactive ketones (excluding diaryl/α,β-unsaturated/α-hetero) is 1. The van der Waals surface area contributed by atoms with Gasteiger partial charge in [0.2, 0.25) is 0 Å². The third-order valence-corrected chi connectivity index (χ3v) is 10.7. The number of carbonyl (C=O) groups is 1. The molecule has 202 valence electrons. The van der Waals surface area contributed by atoms with Gasteiger partial charge in [-0.3, -0.25) is 0 Å². The fourth-order valence-electron chi connectivity index (χ4n) is 4.03. The normalized spacial score (nSPS) is 11.5. The van der Waals surface area contributed by atoms with Crippen LogP contribution in [0.15, 0.2) is 0 Å². The smallest absolute Gasteiger partial charge is 0.334 e. The fraction of sp³-hybridized carbons (Fsp3) is 0.964. The van der Waals surface area contributed by atoms with Crippen LogP contribution >= 0.6 is 0 Å². The Labute approximate surface area is 212 Å². The number of carbonyl (C=O) groups excluding carboxylic acids is 1. The standard InChI is InChI=1S/C21H46O2Si.C6H14OSi.CH4/c1-5-6-7-8-9-10-11-12-13-14-15-16-17-18-19-20-21-24(4,22-2)23-3;1-6(7)5-8(2,3)4;/h5-21H2,1-4H3;5H2,1-4H3;1H4. The summed E-state index contributed by atoms with van der Waals surface area (Å²) < 4.78 is 11.1. The monoisotopic (exact) mass is 504 g/mol. The van der Waals surface area contributed by atoms with Gasteiger partial charge in [-0.05, 0) is 19.5 Å². The van der Waals surface area contributed by atoms with Crippen LogP contribution in [0.5, 0.6) is 0 Å². The van der Waals surface area contributed by atoms with Crippen molar-refractivity contribution < 1.29 is 13.6 Å². The van der Waals surface area contributed by atoms with Crippen molar-refractivity contribution in [2.24, 2.45) is 0 Å². The molecule has 5 heteroatoms. The van der Waals surface area contributed by atoms with E-state index >= 15 is 0 Å². The summed E-state index contributed by atoms with van der Waals surface area (Å²) in [6.07, 6.45) is 22.8. The van der Waals surface area contributed by atoms with Crippen LogP contribution in [0.2, 0.25) is 38.3 Å². The second kappa shape index (κ2) is 25.1. The minimum Gasteiger partial charge on any atom is -0.398 e. The highest BCUT2D eigenvalue weighted by Gasteiger charge is 2.27. The van der Waals surface area contributed by atoms with Gasteiger partial charge in [-0.2, -0.15) is 0 Å².